The first-order valence-corrected chi connectivity index (χ1v) is 7.47. The van der Waals surface area contributed by atoms with Gasteiger partial charge in [0.15, 0.2) is 0 Å². The summed E-state index contributed by atoms with van der Waals surface area (Å²) < 4.78 is 6.15. The van der Waals surface area contributed by atoms with Crippen LogP contribution in [-0.2, 0) is 0 Å². The van der Waals surface area contributed by atoms with Crippen LogP contribution in [0.25, 0.3) is 0 Å². The minimum atomic E-state index is 1.09. The molecule has 0 rings (SSSR count). The Bertz CT molecular complexity index is 59.2. The SMILES string of the molecule is INCCSSCCNI. The molecule has 0 atom stereocenters. The lowest BCUT2D eigenvalue weighted by molar-refractivity contribution is 1.09. The molecular weight excluding hydrogens is 394 g/mol. The van der Waals surface area contributed by atoms with Crippen molar-refractivity contribution in [2.75, 3.05) is 24.6 Å². The number of halogens is 2. The zero-order valence-corrected chi connectivity index (χ0v) is 11.3. The molecule has 0 unspecified atom stereocenters. The summed E-state index contributed by atoms with van der Waals surface area (Å²) in [7, 11) is 3.85. The van der Waals surface area contributed by atoms with Gasteiger partial charge in [-0.2, -0.15) is 0 Å². The number of nitrogens with one attached hydrogen (secondary N) is 2. The molecule has 0 aromatic rings. The fraction of sp³-hybridized carbons (Fsp3) is 1.00. The smallest absolute Gasteiger partial charge is 0.0170 e. The van der Waals surface area contributed by atoms with Gasteiger partial charge in [-0.15, -0.1) is 0 Å². The average molecular weight is 404 g/mol. The lowest BCUT2D eigenvalue weighted by Crippen LogP contribution is -2.03. The highest BCUT2D eigenvalue weighted by atomic mass is 127. The molecule has 0 aliphatic carbocycles. The van der Waals surface area contributed by atoms with E-state index in [2.05, 4.69) is 52.8 Å². The van der Waals surface area contributed by atoms with Gasteiger partial charge in [-0.3, -0.25) is 7.06 Å². The molecule has 62 valence electrons. The van der Waals surface area contributed by atoms with Crippen molar-refractivity contribution in [3.63, 3.8) is 0 Å². The summed E-state index contributed by atoms with van der Waals surface area (Å²) in [5.74, 6) is 2.38. The fourth-order valence-electron chi connectivity index (χ4n) is 0.278. The normalized spacial score (nSPS) is 10.2. The average Bonchev–Trinajstić information content (AvgIpc) is 1.97. The number of hydrogen-bond acceptors (Lipinski definition) is 4. The Morgan fingerprint density at radius 3 is 1.60 bits per heavy atom. The molecule has 0 spiro atoms. The Kier molecular flexibility index (Phi) is 13.4. The molecule has 0 saturated heterocycles. The molecule has 10 heavy (non-hydrogen) atoms. The predicted octanol–water partition coefficient (Wildman–Crippen LogP) is 2.25. The topological polar surface area (TPSA) is 24.1 Å². The minimum Gasteiger partial charge on any atom is -0.260 e. The van der Waals surface area contributed by atoms with E-state index in [-0.39, 0.29) is 0 Å². The third-order valence-corrected chi connectivity index (χ3v) is 4.13. The molecule has 0 aromatic heterocycles. The molecule has 6 heteroatoms. The standard InChI is InChI=1S/C4H10I2N2S2/c5-7-1-3-9-10-4-2-8-6/h7-8H,1-4H2. The van der Waals surface area contributed by atoms with E-state index in [1.165, 1.54) is 11.5 Å². The fourth-order valence-corrected chi connectivity index (χ4v) is 3.36. The van der Waals surface area contributed by atoms with Crippen LogP contribution in [0.1, 0.15) is 0 Å². The highest BCUT2D eigenvalue weighted by Gasteiger charge is 1.88. The van der Waals surface area contributed by atoms with E-state index >= 15 is 0 Å². The quantitative estimate of drug-likeness (QED) is 0.294. The lowest BCUT2D eigenvalue weighted by atomic mass is 10.8. The molecule has 0 aliphatic rings. The first kappa shape index (κ1) is 12.1. The van der Waals surface area contributed by atoms with Crippen LogP contribution in [0.5, 0.6) is 0 Å². The predicted molar refractivity (Wildman–Crippen MR) is 69.0 cm³/mol. The summed E-state index contributed by atoms with van der Waals surface area (Å²) in [5, 5.41) is 0. The molecule has 0 aromatic carbocycles. The van der Waals surface area contributed by atoms with Crippen LogP contribution >= 0.6 is 67.3 Å². The van der Waals surface area contributed by atoms with Gasteiger partial charge in [0, 0.05) is 70.3 Å². The summed E-state index contributed by atoms with van der Waals surface area (Å²) >= 11 is 4.34. The Balaban J connectivity index is 2.65. The molecule has 0 saturated carbocycles. The van der Waals surface area contributed by atoms with E-state index in [4.69, 9.17) is 0 Å². The summed E-state index contributed by atoms with van der Waals surface area (Å²) in [5.41, 5.74) is 0. The van der Waals surface area contributed by atoms with Gasteiger partial charge in [-0.1, -0.05) is 21.6 Å². The van der Waals surface area contributed by atoms with Gasteiger partial charge >= 0.3 is 0 Å². The van der Waals surface area contributed by atoms with E-state index in [1.54, 1.807) is 0 Å². The van der Waals surface area contributed by atoms with Crippen molar-refractivity contribution in [3.8, 4) is 0 Å². The number of hydrogen-bond donors (Lipinski definition) is 2. The van der Waals surface area contributed by atoms with Crippen molar-refractivity contribution in [2.45, 2.75) is 0 Å². The van der Waals surface area contributed by atoms with Gasteiger partial charge in [0.25, 0.3) is 0 Å². The minimum absolute atomic E-state index is 1.09. The highest BCUT2D eigenvalue weighted by molar-refractivity contribution is 14.1. The van der Waals surface area contributed by atoms with Crippen LogP contribution < -0.4 is 7.06 Å². The van der Waals surface area contributed by atoms with Gasteiger partial charge in [0.05, 0.1) is 0 Å². The van der Waals surface area contributed by atoms with Crippen LogP contribution in [0.2, 0.25) is 0 Å². The van der Waals surface area contributed by atoms with Gasteiger partial charge in [0.1, 0.15) is 0 Å². The second kappa shape index (κ2) is 11.1. The highest BCUT2D eigenvalue weighted by Crippen LogP contribution is 2.19. The third kappa shape index (κ3) is 10.1. The molecule has 0 amide bonds. The molecule has 0 heterocycles. The largest absolute Gasteiger partial charge is 0.260 e. The molecule has 0 bridgehead atoms. The van der Waals surface area contributed by atoms with Crippen molar-refractivity contribution in [2.24, 2.45) is 0 Å². The van der Waals surface area contributed by atoms with Crippen molar-refractivity contribution in [1.29, 1.82) is 0 Å². The lowest BCUT2D eigenvalue weighted by Gasteiger charge is -1.97. The summed E-state index contributed by atoms with van der Waals surface area (Å²) in [6.45, 7) is 2.19. The van der Waals surface area contributed by atoms with Crippen molar-refractivity contribution in [3.05, 3.63) is 0 Å². The van der Waals surface area contributed by atoms with Crippen molar-refractivity contribution < 1.29 is 0 Å². The second-order valence-electron chi connectivity index (χ2n) is 1.41. The summed E-state index contributed by atoms with van der Waals surface area (Å²) in [4.78, 5) is 0. The molecule has 2 nitrogen and oxygen atoms in total. The van der Waals surface area contributed by atoms with Crippen LogP contribution in [-0.4, -0.2) is 24.6 Å². The van der Waals surface area contributed by atoms with Crippen LogP contribution in [0.3, 0.4) is 0 Å². The summed E-state index contributed by atoms with van der Waals surface area (Å²) in [6.07, 6.45) is 0. The van der Waals surface area contributed by atoms with E-state index in [1.807, 2.05) is 21.6 Å². The molecular formula is C4H10I2N2S2. The molecule has 2 N–H and O–H groups in total. The molecule has 0 radical (unpaired) electrons. The van der Waals surface area contributed by atoms with E-state index in [0.717, 1.165) is 13.1 Å². The van der Waals surface area contributed by atoms with Crippen molar-refractivity contribution in [1.82, 2.24) is 7.06 Å². The van der Waals surface area contributed by atoms with Gasteiger partial charge in [0.2, 0.25) is 0 Å². The second-order valence-corrected chi connectivity index (χ2v) is 5.64. The molecule has 0 fully saturated rings. The van der Waals surface area contributed by atoms with E-state index < -0.39 is 0 Å². The molecule has 0 aliphatic heterocycles. The maximum Gasteiger partial charge on any atom is 0.0170 e. The maximum atomic E-state index is 3.08. The first-order chi connectivity index (χ1) is 4.91. The Labute approximate surface area is 97.8 Å². The van der Waals surface area contributed by atoms with Gasteiger partial charge in [-0.25, -0.2) is 0 Å². The zero-order valence-electron chi connectivity index (χ0n) is 5.40. The maximum absolute atomic E-state index is 3.08. The van der Waals surface area contributed by atoms with Gasteiger partial charge < -0.3 is 0 Å². The van der Waals surface area contributed by atoms with E-state index in [9.17, 15) is 0 Å². The third-order valence-electron chi connectivity index (χ3n) is 0.643. The van der Waals surface area contributed by atoms with Gasteiger partial charge in [-0.05, 0) is 0 Å². The van der Waals surface area contributed by atoms with Crippen LogP contribution in [0.15, 0.2) is 0 Å². The Morgan fingerprint density at radius 1 is 0.900 bits per heavy atom. The van der Waals surface area contributed by atoms with Crippen LogP contribution in [0.4, 0.5) is 0 Å². The summed E-state index contributed by atoms with van der Waals surface area (Å²) in [6, 6.07) is 0. The van der Waals surface area contributed by atoms with Crippen molar-refractivity contribution >= 4 is 67.3 Å². The zero-order chi connectivity index (χ0) is 7.66. The monoisotopic (exact) mass is 404 g/mol. The first-order valence-electron chi connectivity index (χ1n) is 2.83. The number of rotatable bonds is 7. The van der Waals surface area contributed by atoms with Crippen LogP contribution in [0, 0.1) is 0 Å². The Morgan fingerprint density at radius 2 is 1.30 bits per heavy atom. The van der Waals surface area contributed by atoms with E-state index in [0.29, 0.717) is 0 Å². The Hall–Kier alpha value is 2.08.